The highest BCUT2D eigenvalue weighted by Gasteiger charge is 2.60. The number of nitrogens with zero attached hydrogens (tertiary/aromatic N) is 5. The van der Waals surface area contributed by atoms with E-state index in [1.165, 1.54) is 12.4 Å². The average Bonchev–Trinajstić information content (AvgIpc) is 3.11. The fourth-order valence-corrected chi connectivity index (χ4v) is 3.88. The van der Waals surface area contributed by atoms with Gasteiger partial charge in [0.2, 0.25) is 5.95 Å². The van der Waals surface area contributed by atoms with Gasteiger partial charge in [-0.3, -0.25) is 9.78 Å². The number of hydrogen-bond acceptors (Lipinski definition) is 5. The van der Waals surface area contributed by atoms with E-state index in [0.29, 0.717) is 24.5 Å². The number of rotatable bonds is 2. The third-order valence-electron chi connectivity index (χ3n) is 5.37. The van der Waals surface area contributed by atoms with Crippen molar-refractivity contribution in [1.82, 2.24) is 19.9 Å². The third-order valence-corrected chi connectivity index (χ3v) is 5.37. The molecule has 0 saturated carbocycles. The van der Waals surface area contributed by atoms with E-state index in [9.17, 15) is 13.6 Å². The summed E-state index contributed by atoms with van der Waals surface area (Å²) in [5.41, 5.74) is -0.797. The second-order valence-corrected chi connectivity index (χ2v) is 6.92. The molecule has 0 unspecified atom stereocenters. The Balaban J connectivity index is 1.57. The van der Waals surface area contributed by atoms with Crippen LogP contribution >= 0.6 is 0 Å². The summed E-state index contributed by atoms with van der Waals surface area (Å²) in [5, 5.41) is 0. The molecule has 4 rings (SSSR count). The standard InChI is InChI=1S/C18H19F2N5O/c19-18(20)5-11-24(15(26)14-2-8-21-9-3-14)12-17(18)4-10-25(13-17)16-22-6-1-7-23-16/h1-3,6-9H,4-5,10-13H2/t17-/m0/s1. The smallest absolute Gasteiger partial charge is 0.258 e. The SMILES string of the molecule is O=C(c1ccncc1)N1CCC(F)(F)[C@@]2(CCN(c3ncccn3)C2)C1. The first-order chi connectivity index (χ1) is 12.5. The number of aromatic nitrogens is 3. The van der Waals surface area contributed by atoms with E-state index in [2.05, 4.69) is 15.0 Å². The van der Waals surface area contributed by atoms with Crippen molar-refractivity contribution in [1.29, 1.82) is 0 Å². The van der Waals surface area contributed by atoms with Gasteiger partial charge in [-0.1, -0.05) is 0 Å². The minimum absolute atomic E-state index is 0.0322. The van der Waals surface area contributed by atoms with E-state index in [1.807, 2.05) is 0 Å². The number of likely N-dealkylation sites (tertiary alicyclic amines) is 1. The van der Waals surface area contributed by atoms with Crippen molar-refractivity contribution in [2.24, 2.45) is 5.41 Å². The van der Waals surface area contributed by atoms with Gasteiger partial charge in [0.05, 0.1) is 5.41 Å². The number of carbonyl (C=O) groups is 1. The van der Waals surface area contributed by atoms with Crippen molar-refractivity contribution in [2.45, 2.75) is 18.8 Å². The van der Waals surface area contributed by atoms with Crippen LogP contribution in [0, 0.1) is 5.41 Å². The van der Waals surface area contributed by atoms with E-state index < -0.39 is 11.3 Å². The van der Waals surface area contributed by atoms with Crippen molar-refractivity contribution < 1.29 is 13.6 Å². The zero-order chi connectivity index (χ0) is 18.2. The highest BCUT2D eigenvalue weighted by Crippen LogP contribution is 2.50. The van der Waals surface area contributed by atoms with Crippen LogP contribution in [0.1, 0.15) is 23.2 Å². The lowest BCUT2D eigenvalue weighted by atomic mass is 9.75. The monoisotopic (exact) mass is 359 g/mol. The third kappa shape index (κ3) is 2.79. The second kappa shape index (κ2) is 6.26. The highest BCUT2D eigenvalue weighted by atomic mass is 19.3. The normalized spacial score (nSPS) is 24.8. The quantitative estimate of drug-likeness (QED) is 0.823. The fourth-order valence-electron chi connectivity index (χ4n) is 3.88. The Morgan fingerprint density at radius 2 is 1.73 bits per heavy atom. The molecule has 1 atom stereocenters. The van der Waals surface area contributed by atoms with Crippen LogP contribution in [0.5, 0.6) is 0 Å². The summed E-state index contributed by atoms with van der Waals surface area (Å²) >= 11 is 0. The fraction of sp³-hybridized carbons (Fsp3) is 0.444. The van der Waals surface area contributed by atoms with E-state index in [4.69, 9.17) is 0 Å². The van der Waals surface area contributed by atoms with Crippen molar-refractivity contribution in [3.8, 4) is 0 Å². The first-order valence-electron chi connectivity index (χ1n) is 8.60. The van der Waals surface area contributed by atoms with Crippen LogP contribution in [0.3, 0.4) is 0 Å². The zero-order valence-electron chi connectivity index (χ0n) is 14.2. The molecule has 1 spiro atoms. The van der Waals surface area contributed by atoms with E-state index >= 15 is 0 Å². The summed E-state index contributed by atoms with van der Waals surface area (Å²) in [5.74, 6) is -2.60. The molecule has 6 nitrogen and oxygen atoms in total. The molecule has 136 valence electrons. The molecule has 4 heterocycles. The Hall–Kier alpha value is -2.64. The minimum Gasteiger partial charge on any atom is -0.340 e. The number of piperidine rings is 1. The molecule has 1 amide bonds. The lowest BCUT2D eigenvalue weighted by molar-refractivity contribution is -0.150. The van der Waals surface area contributed by atoms with Gasteiger partial charge in [-0.15, -0.1) is 0 Å². The first kappa shape index (κ1) is 16.8. The summed E-state index contributed by atoms with van der Waals surface area (Å²) in [6.07, 6.45) is 6.25. The van der Waals surface area contributed by atoms with Crippen LogP contribution in [-0.2, 0) is 0 Å². The van der Waals surface area contributed by atoms with Crippen molar-refractivity contribution in [2.75, 3.05) is 31.1 Å². The Labute approximate surface area is 149 Å². The lowest BCUT2D eigenvalue weighted by Gasteiger charge is -2.45. The number of halogens is 2. The maximum absolute atomic E-state index is 14.9. The van der Waals surface area contributed by atoms with Crippen molar-refractivity contribution in [3.63, 3.8) is 0 Å². The van der Waals surface area contributed by atoms with Crippen molar-refractivity contribution in [3.05, 3.63) is 48.5 Å². The van der Waals surface area contributed by atoms with Gasteiger partial charge in [0.15, 0.2) is 0 Å². The molecule has 0 aromatic carbocycles. The summed E-state index contributed by atoms with van der Waals surface area (Å²) in [7, 11) is 0. The molecule has 0 bridgehead atoms. The van der Waals surface area contributed by atoms with Gasteiger partial charge in [-0.05, 0) is 24.6 Å². The largest absolute Gasteiger partial charge is 0.340 e. The number of pyridine rings is 1. The van der Waals surface area contributed by atoms with E-state index in [0.717, 1.165) is 0 Å². The predicted octanol–water partition coefficient (Wildman–Crippen LogP) is 2.25. The molecule has 2 aliphatic rings. The van der Waals surface area contributed by atoms with Gasteiger partial charge < -0.3 is 9.80 Å². The molecule has 0 N–H and O–H groups in total. The predicted molar refractivity (Wildman–Crippen MR) is 91.0 cm³/mol. The molecule has 2 aliphatic heterocycles. The minimum atomic E-state index is -2.83. The van der Waals surface area contributed by atoms with Gasteiger partial charge in [-0.2, -0.15) is 0 Å². The molecule has 2 aromatic heterocycles. The van der Waals surface area contributed by atoms with Crippen LogP contribution < -0.4 is 4.90 Å². The zero-order valence-corrected chi connectivity index (χ0v) is 14.2. The molecule has 2 fully saturated rings. The molecule has 8 heteroatoms. The maximum Gasteiger partial charge on any atom is 0.258 e. The van der Waals surface area contributed by atoms with Crippen LogP contribution in [0.25, 0.3) is 0 Å². The number of carbonyl (C=O) groups excluding carboxylic acids is 1. The van der Waals surface area contributed by atoms with E-state index in [1.54, 1.807) is 40.4 Å². The highest BCUT2D eigenvalue weighted by molar-refractivity contribution is 5.94. The second-order valence-electron chi connectivity index (χ2n) is 6.92. The number of amides is 1. The summed E-state index contributed by atoms with van der Waals surface area (Å²) < 4.78 is 29.8. The topological polar surface area (TPSA) is 62.2 Å². The van der Waals surface area contributed by atoms with Gasteiger partial charge in [-0.25, -0.2) is 18.7 Å². The van der Waals surface area contributed by atoms with Gasteiger partial charge in [0, 0.05) is 63.0 Å². The molecule has 0 radical (unpaired) electrons. The molecule has 0 aliphatic carbocycles. The Morgan fingerprint density at radius 1 is 1.00 bits per heavy atom. The molecule has 2 saturated heterocycles. The Kier molecular flexibility index (Phi) is 4.05. The van der Waals surface area contributed by atoms with Gasteiger partial charge >= 0.3 is 0 Å². The summed E-state index contributed by atoms with van der Waals surface area (Å²) in [6, 6.07) is 4.92. The van der Waals surface area contributed by atoms with E-state index in [-0.39, 0.29) is 32.0 Å². The van der Waals surface area contributed by atoms with Crippen LogP contribution in [-0.4, -0.2) is 57.9 Å². The van der Waals surface area contributed by atoms with Crippen LogP contribution in [0.4, 0.5) is 14.7 Å². The van der Waals surface area contributed by atoms with Crippen molar-refractivity contribution >= 4 is 11.9 Å². The van der Waals surface area contributed by atoms with Gasteiger partial charge in [0.25, 0.3) is 11.8 Å². The first-order valence-corrected chi connectivity index (χ1v) is 8.60. The molecule has 2 aromatic rings. The van der Waals surface area contributed by atoms with Gasteiger partial charge in [0.1, 0.15) is 0 Å². The molecular weight excluding hydrogens is 340 g/mol. The van der Waals surface area contributed by atoms with Crippen LogP contribution in [0.15, 0.2) is 43.0 Å². The molecule has 26 heavy (non-hydrogen) atoms. The summed E-state index contributed by atoms with van der Waals surface area (Å²) in [4.78, 5) is 28.3. The van der Waals surface area contributed by atoms with Crippen LogP contribution in [0.2, 0.25) is 0 Å². The maximum atomic E-state index is 14.9. The molecular formula is C18H19F2N5O. The number of anilines is 1. The lowest BCUT2D eigenvalue weighted by Crippen LogP contribution is -2.58. The number of alkyl halides is 2. The summed E-state index contributed by atoms with van der Waals surface area (Å²) in [6.45, 7) is 0.684. The number of hydrogen-bond donors (Lipinski definition) is 0. The Bertz CT molecular complexity index is 789. The average molecular weight is 359 g/mol. The Morgan fingerprint density at radius 3 is 2.46 bits per heavy atom.